The number of thiophene rings is 1. The maximum absolute atomic E-state index is 12.2. The molecule has 29 heavy (non-hydrogen) atoms. The Labute approximate surface area is 178 Å². The van der Waals surface area contributed by atoms with Gasteiger partial charge in [0.05, 0.1) is 16.2 Å². The summed E-state index contributed by atoms with van der Waals surface area (Å²) in [4.78, 5) is 26.1. The first-order valence-corrected chi connectivity index (χ1v) is 10.6. The summed E-state index contributed by atoms with van der Waals surface area (Å²) in [5.41, 5.74) is 2.45. The van der Waals surface area contributed by atoms with Crippen LogP contribution in [-0.4, -0.2) is 60.6 Å². The van der Waals surface area contributed by atoms with Crippen LogP contribution in [0.5, 0.6) is 5.06 Å². The topological polar surface area (TPSA) is 70.6 Å². The highest BCUT2D eigenvalue weighted by molar-refractivity contribution is 7.12. The van der Waals surface area contributed by atoms with Crippen LogP contribution in [0.15, 0.2) is 29.6 Å². The van der Waals surface area contributed by atoms with Crippen LogP contribution >= 0.6 is 22.9 Å². The first kappa shape index (κ1) is 19.9. The summed E-state index contributed by atoms with van der Waals surface area (Å²) >= 11 is 7.21. The van der Waals surface area contributed by atoms with Crippen LogP contribution < -0.4 is 15.0 Å². The quantitative estimate of drug-likeness (QED) is 0.667. The normalized spacial score (nSPS) is 14.9. The third-order valence-corrected chi connectivity index (χ3v) is 6.02. The second-order valence-corrected chi connectivity index (χ2v) is 8.36. The number of nitrogens with zero attached hydrogens (tertiary/aromatic N) is 4. The highest BCUT2D eigenvalue weighted by Gasteiger charge is 2.18. The molecule has 7 nitrogen and oxygen atoms in total. The van der Waals surface area contributed by atoms with Gasteiger partial charge in [0.1, 0.15) is 0 Å². The van der Waals surface area contributed by atoms with E-state index in [0.29, 0.717) is 15.8 Å². The van der Waals surface area contributed by atoms with Crippen molar-refractivity contribution in [2.75, 3.05) is 50.1 Å². The zero-order valence-electron chi connectivity index (χ0n) is 16.3. The molecule has 0 aliphatic carbocycles. The molecule has 3 aromatic rings. The van der Waals surface area contributed by atoms with Crippen molar-refractivity contribution in [3.05, 3.63) is 40.4 Å². The van der Waals surface area contributed by atoms with Crippen LogP contribution in [0, 0.1) is 6.92 Å². The van der Waals surface area contributed by atoms with Gasteiger partial charge >= 0.3 is 0 Å². The van der Waals surface area contributed by atoms with Crippen LogP contribution in [0.25, 0.3) is 10.9 Å². The van der Waals surface area contributed by atoms with Crippen molar-refractivity contribution in [1.29, 1.82) is 0 Å². The third-order valence-electron chi connectivity index (χ3n) is 4.83. The maximum Gasteiger partial charge on any atom is 0.262 e. The van der Waals surface area contributed by atoms with E-state index in [-0.39, 0.29) is 12.5 Å². The number of carbonyl (C=O) groups excluding carboxylic acids is 1. The molecular formula is C20H22ClN5O2S. The molecule has 152 valence electrons. The average molecular weight is 432 g/mol. The number of piperazine rings is 1. The van der Waals surface area contributed by atoms with E-state index >= 15 is 0 Å². The summed E-state index contributed by atoms with van der Waals surface area (Å²) < 4.78 is 5.45. The molecule has 1 aromatic carbocycles. The van der Waals surface area contributed by atoms with Crippen molar-refractivity contribution < 1.29 is 9.53 Å². The lowest BCUT2D eigenvalue weighted by Gasteiger charge is -2.32. The molecule has 1 N–H and O–H groups in total. The number of anilines is 2. The van der Waals surface area contributed by atoms with Gasteiger partial charge in [0.25, 0.3) is 5.91 Å². The fraction of sp³-hybridized carbons (Fsp3) is 0.350. The number of halogens is 1. The number of hydrogen-bond donors (Lipinski definition) is 1. The molecule has 9 heteroatoms. The minimum absolute atomic E-state index is 0.0767. The lowest BCUT2D eigenvalue weighted by atomic mass is 10.1. The lowest BCUT2D eigenvalue weighted by Crippen LogP contribution is -2.45. The molecule has 1 aliphatic rings. The van der Waals surface area contributed by atoms with E-state index in [4.69, 9.17) is 26.3 Å². The van der Waals surface area contributed by atoms with Crippen molar-refractivity contribution in [2.45, 2.75) is 6.92 Å². The number of aryl methyl sites for hydroxylation is 1. The first-order chi connectivity index (χ1) is 14.0. The van der Waals surface area contributed by atoms with E-state index in [0.717, 1.165) is 48.7 Å². The van der Waals surface area contributed by atoms with Gasteiger partial charge in [0.15, 0.2) is 11.7 Å². The number of aromatic nitrogens is 2. The van der Waals surface area contributed by atoms with E-state index in [2.05, 4.69) is 22.2 Å². The number of nitrogens with one attached hydrogen (secondary N) is 1. The van der Waals surface area contributed by atoms with Gasteiger partial charge in [-0.25, -0.2) is 9.97 Å². The van der Waals surface area contributed by atoms with Gasteiger partial charge in [0, 0.05) is 48.7 Å². The van der Waals surface area contributed by atoms with E-state index < -0.39 is 0 Å². The second kappa shape index (κ2) is 8.52. The largest absolute Gasteiger partial charge is 0.474 e. The van der Waals surface area contributed by atoms with E-state index in [1.54, 1.807) is 11.4 Å². The number of amides is 1. The van der Waals surface area contributed by atoms with Crippen molar-refractivity contribution in [3.63, 3.8) is 0 Å². The molecular weight excluding hydrogens is 410 g/mol. The average Bonchev–Trinajstić information content (AvgIpc) is 3.12. The molecule has 4 rings (SSSR count). The van der Waals surface area contributed by atoms with Gasteiger partial charge < -0.3 is 19.9 Å². The van der Waals surface area contributed by atoms with Crippen molar-refractivity contribution in [1.82, 2.24) is 14.9 Å². The maximum atomic E-state index is 12.2. The molecule has 1 saturated heterocycles. The van der Waals surface area contributed by atoms with Crippen LogP contribution in [-0.2, 0) is 4.79 Å². The summed E-state index contributed by atoms with van der Waals surface area (Å²) in [7, 11) is 2.13. The Morgan fingerprint density at radius 3 is 2.76 bits per heavy atom. The monoisotopic (exact) mass is 431 g/mol. The molecule has 1 fully saturated rings. The Hall–Kier alpha value is -2.42. The molecule has 1 aliphatic heterocycles. The fourth-order valence-electron chi connectivity index (χ4n) is 3.20. The number of likely N-dealkylation sites (N-methyl/N-ethyl adjacent to an activating group) is 1. The predicted octanol–water partition coefficient (Wildman–Crippen LogP) is 3.42. The Morgan fingerprint density at radius 1 is 1.24 bits per heavy atom. The number of rotatable bonds is 5. The Bertz CT molecular complexity index is 1030. The minimum Gasteiger partial charge on any atom is -0.474 e. The highest BCUT2D eigenvalue weighted by Crippen LogP contribution is 2.26. The van der Waals surface area contributed by atoms with Crippen LogP contribution in [0.1, 0.15) is 5.69 Å². The molecule has 0 radical (unpaired) electrons. The Kier molecular flexibility index (Phi) is 5.84. The number of fused-ring (bicyclic) bond motifs is 1. The second-order valence-electron chi connectivity index (χ2n) is 7.05. The highest BCUT2D eigenvalue weighted by atomic mass is 35.5. The number of benzene rings is 1. The zero-order valence-corrected chi connectivity index (χ0v) is 17.9. The van der Waals surface area contributed by atoms with Crippen molar-refractivity contribution in [2.24, 2.45) is 0 Å². The van der Waals surface area contributed by atoms with E-state index in [9.17, 15) is 4.79 Å². The van der Waals surface area contributed by atoms with Crippen LogP contribution in [0.3, 0.4) is 0 Å². The molecule has 0 spiro atoms. The van der Waals surface area contributed by atoms with E-state index in [1.807, 2.05) is 25.1 Å². The van der Waals surface area contributed by atoms with E-state index in [1.165, 1.54) is 11.3 Å². The molecule has 0 saturated carbocycles. The van der Waals surface area contributed by atoms with Gasteiger partial charge in [-0.3, -0.25) is 4.79 Å². The van der Waals surface area contributed by atoms with Gasteiger partial charge in [0.2, 0.25) is 5.95 Å². The number of hydrogen-bond acceptors (Lipinski definition) is 7. The Balaban J connectivity index is 1.45. The summed E-state index contributed by atoms with van der Waals surface area (Å²) in [5.74, 6) is 0.532. The summed E-state index contributed by atoms with van der Waals surface area (Å²) in [6.07, 6.45) is 0. The van der Waals surface area contributed by atoms with Gasteiger partial charge in [-0.05, 0) is 32.2 Å². The smallest absolute Gasteiger partial charge is 0.262 e. The standard InChI is InChI=1S/C20H22ClN5O2S/c1-13-16-10-15(23-18(27)11-28-19-9-14(21)12-29-19)3-4-17(16)24-20(22-13)26-7-5-25(2)6-8-26/h3-4,9-10,12H,5-8,11H2,1-2H3,(H,23,27). The summed E-state index contributed by atoms with van der Waals surface area (Å²) in [6, 6.07) is 7.36. The molecule has 0 bridgehead atoms. The Morgan fingerprint density at radius 2 is 2.03 bits per heavy atom. The molecule has 2 aromatic heterocycles. The number of carbonyl (C=O) groups is 1. The van der Waals surface area contributed by atoms with Gasteiger partial charge in [-0.15, -0.1) is 11.3 Å². The number of ether oxygens (including phenoxy) is 1. The van der Waals surface area contributed by atoms with Crippen LogP contribution in [0.2, 0.25) is 5.02 Å². The fourth-order valence-corrected chi connectivity index (χ4v) is 4.11. The lowest BCUT2D eigenvalue weighted by molar-refractivity contribution is -0.118. The van der Waals surface area contributed by atoms with Crippen molar-refractivity contribution >= 4 is 51.4 Å². The van der Waals surface area contributed by atoms with Gasteiger partial charge in [-0.1, -0.05) is 11.6 Å². The summed E-state index contributed by atoms with van der Waals surface area (Å²) in [6.45, 7) is 5.75. The SMILES string of the molecule is Cc1nc(N2CCN(C)CC2)nc2ccc(NC(=O)COc3cc(Cl)cs3)cc12. The molecule has 3 heterocycles. The molecule has 0 atom stereocenters. The predicted molar refractivity (Wildman–Crippen MR) is 117 cm³/mol. The molecule has 0 unspecified atom stereocenters. The van der Waals surface area contributed by atoms with Gasteiger partial charge in [-0.2, -0.15) is 0 Å². The van der Waals surface area contributed by atoms with Crippen LogP contribution in [0.4, 0.5) is 11.6 Å². The first-order valence-electron chi connectivity index (χ1n) is 9.36. The minimum atomic E-state index is -0.235. The molecule has 1 amide bonds. The third kappa shape index (κ3) is 4.77. The summed E-state index contributed by atoms with van der Waals surface area (Å²) in [5, 5.41) is 6.76. The van der Waals surface area contributed by atoms with Crippen molar-refractivity contribution in [3.8, 4) is 5.06 Å². The zero-order chi connectivity index (χ0) is 20.4.